The number of rotatable bonds is 4. The van der Waals surface area contributed by atoms with Crippen molar-refractivity contribution in [1.82, 2.24) is 9.78 Å². The van der Waals surface area contributed by atoms with Gasteiger partial charge in [-0.05, 0) is 50.8 Å². The van der Waals surface area contributed by atoms with Gasteiger partial charge in [-0.1, -0.05) is 23.7 Å². The minimum atomic E-state index is -1.03. The van der Waals surface area contributed by atoms with Crippen LogP contribution in [0.3, 0.4) is 0 Å². The van der Waals surface area contributed by atoms with Crippen LogP contribution in [-0.2, 0) is 17.6 Å². The van der Waals surface area contributed by atoms with Gasteiger partial charge in [0.2, 0.25) is 0 Å². The maximum absolute atomic E-state index is 14.4. The van der Waals surface area contributed by atoms with Gasteiger partial charge < -0.3 is 4.74 Å². The normalized spacial score (nSPS) is 13.0. The minimum absolute atomic E-state index is 0.281. The summed E-state index contributed by atoms with van der Waals surface area (Å²) in [5.74, 6) is -3.05. The molecule has 1 aliphatic rings. The summed E-state index contributed by atoms with van der Waals surface area (Å²) in [5, 5.41) is 4.18. The van der Waals surface area contributed by atoms with Gasteiger partial charge in [0.25, 0.3) is 5.91 Å². The first-order valence-electron chi connectivity index (χ1n) is 9.98. The highest BCUT2D eigenvalue weighted by Crippen LogP contribution is 2.33. The summed E-state index contributed by atoms with van der Waals surface area (Å²) in [4.78, 5) is 25.0. The van der Waals surface area contributed by atoms with Gasteiger partial charge in [-0.3, -0.25) is 4.79 Å². The molecule has 1 heterocycles. The summed E-state index contributed by atoms with van der Waals surface area (Å²) in [6, 6.07) is 8.29. The topological polar surface area (TPSA) is 61.2 Å². The van der Waals surface area contributed by atoms with E-state index < -0.39 is 29.1 Å². The van der Waals surface area contributed by atoms with E-state index >= 15 is 0 Å². The maximum atomic E-state index is 14.4. The molecule has 8 heteroatoms. The molecule has 0 atom stereocenters. The Morgan fingerprint density at radius 1 is 1.13 bits per heavy atom. The molecule has 0 bridgehead atoms. The van der Waals surface area contributed by atoms with E-state index in [2.05, 4.69) is 5.10 Å². The number of esters is 1. The zero-order valence-corrected chi connectivity index (χ0v) is 17.5. The SMILES string of the molecule is CCOC(=O)c1ccc(-c2nn(C(=O)c3c(F)cc(F)cc3Cl)c3c2CCCC3)cc1. The first kappa shape index (κ1) is 21.2. The number of hydrogen-bond acceptors (Lipinski definition) is 4. The van der Waals surface area contributed by atoms with Gasteiger partial charge in [0.1, 0.15) is 11.6 Å². The molecule has 0 aliphatic heterocycles. The zero-order valence-electron chi connectivity index (χ0n) is 16.8. The lowest BCUT2D eigenvalue weighted by atomic mass is 9.93. The number of fused-ring (bicyclic) bond motifs is 1. The molecular formula is C23H19ClF2N2O3. The monoisotopic (exact) mass is 444 g/mol. The molecule has 3 aromatic rings. The minimum Gasteiger partial charge on any atom is -0.462 e. The van der Waals surface area contributed by atoms with Gasteiger partial charge in [0.05, 0.1) is 34.1 Å². The van der Waals surface area contributed by atoms with E-state index in [0.717, 1.165) is 36.5 Å². The van der Waals surface area contributed by atoms with Crippen LogP contribution in [0.2, 0.25) is 5.02 Å². The van der Waals surface area contributed by atoms with Crippen LogP contribution < -0.4 is 0 Å². The van der Waals surface area contributed by atoms with E-state index in [1.54, 1.807) is 31.2 Å². The summed E-state index contributed by atoms with van der Waals surface area (Å²) in [6.07, 6.45) is 3.13. The second kappa shape index (κ2) is 8.59. The predicted molar refractivity (Wildman–Crippen MR) is 111 cm³/mol. The standard InChI is InChI=1S/C23H19ClF2N2O3/c1-2-31-23(30)14-9-7-13(8-10-14)21-16-5-3-4-6-19(16)28(27-21)22(29)20-17(24)11-15(25)12-18(20)26/h7-12H,2-6H2,1H3. The van der Waals surface area contributed by atoms with E-state index in [4.69, 9.17) is 16.3 Å². The summed E-state index contributed by atoms with van der Waals surface area (Å²) in [6.45, 7) is 2.02. The fourth-order valence-electron chi connectivity index (χ4n) is 3.83. The molecule has 2 aromatic carbocycles. The number of hydrogen-bond donors (Lipinski definition) is 0. The van der Waals surface area contributed by atoms with E-state index in [1.165, 1.54) is 4.68 Å². The Bertz CT molecular complexity index is 1150. The van der Waals surface area contributed by atoms with Crippen LogP contribution in [0, 0.1) is 11.6 Å². The van der Waals surface area contributed by atoms with Gasteiger partial charge in [-0.15, -0.1) is 0 Å². The third kappa shape index (κ3) is 3.97. The number of carbonyl (C=O) groups excluding carboxylic acids is 2. The quantitative estimate of drug-likeness (QED) is 0.517. The van der Waals surface area contributed by atoms with E-state index in [0.29, 0.717) is 29.4 Å². The van der Waals surface area contributed by atoms with Crippen molar-refractivity contribution in [3.63, 3.8) is 0 Å². The molecule has 1 aliphatic carbocycles. The highest BCUT2D eigenvalue weighted by atomic mass is 35.5. The molecule has 160 valence electrons. The Balaban J connectivity index is 1.77. The number of benzene rings is 2. The largest absolute Gasteiger partial charge is 0.462 e. The first-order chi connectivity index (χ1) is 14.9. The van der Waals surface area contributed by atoms with Gasteiger partial charge in [0.15, 0.2) is 0 Å². The summed E-state index contributed by atoms with van der Waals surface area (Å²) in [7, 11) is 0. The Kier molecular flexibility index (Phi) is 5.87. The Morgan fingerprint density at radius 3 is 2.52 bits per heavy atom. The molecule has 0 N–H and O–H groups in total. The number of nitrogens with zero attached hydrogens (tertiary/aromatic N) is 2. The number of carbonyl (C=O) groups is 2. The summed E-state index contributed by atoms with van der Waals surface area (Å²) >= 11 is 5.97. The lowest BCUT2D eigenvalue weighted by Gasteiger charge is -2.14. The van der Waals surface area contributed by atoms with Crippen molar-refractivity contribution in [2.45, 2.75) is 32.6 Å². The molecule has 0 unspecified atom stereocenters. The molecule has 0 amide bonds. The van der Waals surface area contributed by atoms with Crippen molar-refractivity contribution in [3.8, 4) is 11.3 Å². The van der Waals surface area contributed by atoms with Crippen LogP contribution in [0.25, 0.3) is 11.3 Å². The average Bonchev–Trinajstić information content (AvgIpc) is 3.13. The molecule has 31 heavy (non-hydrogen) atoms. The molecule has 0 saturated heterocycles. The fourth-order valence-corrected chi connectivity index (χ4v) is 4.11. The molecule has 0 fully saturated rings. The Labute approximate surface area is 182 Å². The lowest BCUT2D eigenvalue weighted by Crippen LogP contribution is -2.20. The van der Waals surface area contributed by atoms with Crippen LogP contribution in [-0.4, -0.2) is 28.3 Å². The highest BCUT2D eigenvalue weighted by molar-refractivity contribution is 6.34. The highest BCUT2D eigenvalue weighted by Gasteiger charge is 2.28. The van der Waals surface area contributed by atoms with Gasteiger partial charge in [0, 0.05) is 17.2 Å². The smallest absolute Gasteiger partial charge is 0.338 e. The molecular weight excluding hydrogens is 426 g/mol. The lowest BCUT2D eigenvalue weighted by molar-refractivity contribution is 0.0526. The molecule has 5 nitrogen and oxygen atoms in total. The van der Waals surface area contributed by atoms with Crippen molar-refractivity contribution in [1.29, 1.82) is 0 Å². The molecule has 4 rings (SSSR count). The zero-order chi connectivity index (χ0) is 22.1. The average molecular weight is 445 g/mol. The molecule has 0 radical (unpaired) electrons. The predicted octanol–water partition coefficient (Wildman–Crippen LogP) is 5.23. The summed E-state index contributed by atoms with van der Waals surface area (Å²) in [5.41, 5.74) is 2.92. The number of aromatic nitrogens is 2. The summed E-state index contributed by atoms with van der Waals surface area (Å²) < 4.78 is 34.0. The van der Waals surface area contributed by atoms with Crippen LogP contribution >= 0.6 is 11.6 Å². The van der Waals surface area contributed by atoms with Crippen molar-refractivity contribution in [2.24, 2.45) is 0 Å². The van der Waals surface area contributed by atoms with Crippen molar-refractivity contribution in [3.05, 3.63) is 75.4 Å². The molecule has 0 spiro atoms. The fraction of sp³-hybridized carbons (Fsp3) is 0.261. The van der Waals surface area contributed by atoms with Crippen LogP contribution in [0.5, 0.6) is 0 Å². The van der Waals surface area contributed by atoms with E-state index in [-0.39, 0.29) is 11.6 Å². The van der Waals surface area contributed by atoms with Crippen LogP contribution in [0.15, 0.2) is 36.4 Å². The Morgan fingerprint density at radius 2 is 1.84 bits per heavy atom. The van der Waals surface area contributed by atoms with Gasteiger partial charge >= 0.3 is 5.97 Å². The second-order valence-electron chi connectivity index (χ2n) is 7.24. The third-order valence-corrected chi connectivity index (χ3v) is 5.56. The van der Waals surface area contributed by atoms with Gasteiger partial charge in [-0.25, -0.2) is 13.6 Å². The number of halogens is 3. The van der Waals surface area contributed by atoms with Crippen molar-refractivity contribution < 1.29 is 23.1 Å². The maximum Gasteiger partial charge on any atom is 0.338 e. The van der Waals surface area contributed by atoms with Gasteiger partial charge in [-0.2, -0.15) is 9.78 Å². The first-order valence-corrected chi connectivity index (χ1v) is 10.4. The molecule has 0 saturated carbocycles. The number of ether oxygens (including phenoxy) is 1. The second-order valence-corrected chi connectivity index (χ2v) is 7.65. The Hall–Kier alpha value is -3.06. The molecule has 1 aromatic heterocycles. The van der Waals surface area contributed by atoms with Crippen molar-refractivity contribution in [2.75, 3.05) is 6.61 Å². The van der Waals surface area contributed by atoms with E-state index in [9.17, 15) is 18.4 Å². The van der Waals surface area contributed by atoms with Crippen LogP contribution in [0.4, 0.5) is 8.78 Å². The van der Waals surface area contributed by atoms with Crippen LogP contribution in [0.1, 0.15) is 51.7 Å². The van der Waals surface area contributed by atoms with E-state index in [1.807, 2.05) is 0 Å². The van der Waals surface area contributed by atoms with Crippen molar-refractivity contribution >= 4 is 23.5 Å². The third-order valence-electron chi connectivity index (χ3n) is 5.26.